The Morgan fingerprint density at radius 3 is 2.54 bits per heavy atom. The van der Waals surface area contributed by atoms with Crippen molar-refractivity contribution in [2.24, 2.45) is 0 Å². The molecule has 5 heteroatoms. The fourth-order valence-corrected chi connectivity index (χ4v) is 0.760. The molecule has 1 rings (SSSR count). The highest BCUT2D eigenvalue weighted by Crippen LogP contribution is 2.08. The van der Waals surface area contributed by atoms with E-state index in [1.165, 1.54) is 6.07 Å². The van der Waals surface area contributed by atoms with Crippen molar-refractivity contribution in [3.05, 3.63) is 23.7 Å². The van der Waals surface area contributed by atoms with Gasteiger partial charge in [0.15, 0.2) is 5.76 Å². The minimum Gasteiger partial charge on any atom is -0.542 e. The summed E-state index contributed by atoms with van der Waals surface area (Å²) in [5.74, 6) is -2.67. The Hall–Kier alpha value is -1.78. The summed E-state index contributed by atoms with van der Waals surface area (Å²) in [5, 5.41) is 10.2. The molecule has 0 atom stereocenters. The Labute approximate surface area is 73.9 Å². The van der Waals surface area contributed by atoms with Crippen molar-refractivity contribution in [1.29, 1.82) is 0 Å². The average Bonchev–Trinajstić information content (AvgIpc) is 2.52. The second-order valence-corrected chi connectivity index (χ2v) is 2.17. The minimum atomic E-state index is -1.46. The molecule has 0 spiro atoms. The van der Waals surface area contributed by atoms with Crippen LogP contribution < -0.4 is 5.11 Å². The molecule has 0 radical (unpaired) electrons. The van der Waals surface area contributed by atoms with Gasteiger partial charge in [-0.1, -0.05) is 0 Å². The first kappa shape index (κ1) is 9.31. The number of ether oxygens (including phenoxy) is 1. The second-order valence-electron chi connectivity index (χ2n) is 2.17. The van der Waals surface area contributed by atoms with Gasteiger partial charge >= 0.3 is 5.97 Å². The van der Waals surface area contributed by atoms with E-state index in [0.29, 0.717) is 0 Å². The Kier molecular flexibility index (Phi) is 2.69. The highest BCUT2D eigenvalue weighted by atomic mass is 16.5. The molecule has 0 saturated carbocycles. The summed E-state index contributed by atoms with van der Waals surface area (Å²) in [4.78, 5) is 21.2. The lowest BCUT2D eigenvalue weighted by Crippen LogP contribution is -2.21. The molecular formula is C8H7O5-. The van der Waals surface area contributed by atoms with Crippen molar-refractivity contribution in [3.63, 3.8) is 0 Å². The van der Waals surface area contributed by atoms with Gasteiger partial charge in [0.2, 0.25) is 5.76 Å². The van der Waals surface area contributed by atoms with Gasteiger partial charge in [-0.15, -0.1) is 0 Å². The predicted molar refractivity (Wildman–Crippen MR) is 39.0 cm³/mol. The van der Waals surface area contributed by atoms with E-state index in [1.54, 1.807) is 6.92 Å². The molecule has 0 bridgehead atoms. The molecule has 0 fully saturated rings. The third kappa shape index (κ3) is 2.08. The van der Waals surface area contributed by atoms with Crippen LogP contribution in [0, 0.1) is 0 Å². The van der Waals surface area contributed by atoms with E-state index >= 15 is 0 Å². The maximum absolute atomic E-state index is 11.0. The Bertz CT molecular complexity index is 325. The van der Waals surface area contributed by atoms with Gasteiger partial charge in [0, 0.05) is 0 Å². The standard InChI is InChI=1S/C8H8O5/c1-2-12-8(11)6-4-3-5(13-6)7(9)10/h3-4H,2H2,1H3,(H,9,10)/p-1. The fraction of sp³-hybridized carbons (Fsp3) is 0.250. The molecule has 0 N–H and O–H groups in total. The van der Waals surface area contributed by atoms with Crippen LogP contribution in [0.5, 0.6) is 0 Å². The van der Waals surface area contributed by atoms with Gasteiger partial charge in [-0.2, -0.15) is 0 Å². The van der Waals surface area contributed by atoms with E-state index < -0.39 is 11.9 Å². The minimum absolute atomic E-state index is 0.138. The summed E-state index contributed by atoms with van der Waals surface area (Å²) in [6, 6.07) is 2.37. The van der Waals surface area contributed by atoms with Gasteiger partial charge in [-0.05, 0) is 19.1 Å². The first-order chi connectivity index (χ1) is 6.15. The molecule has 0 unspecified atom stereocenters. The van der Waals surface area contributed by atoms with Gasteiger partial charge < -0.3 is 19.1 Å². The van der Waals surface area contributed by atoms with Crippen molar-refractivity contribution in [3.8, 4) is 0 Å². The van der Waals surface area contributed by atoms with E-state index in [0.717, 1.165) is 6.07 Å². The monoisotopic (exact) mass is 183 g/mol. The lowest BCUT2D eigenvalue weighted by Gasteiger charge is -1.97. The maximum atomic E-state index is 11.0. The molecule has 0 aromatic carbocycles. The highest BCUT2D eigenvalue weighted by molar-refractivity contribution is 5.89. The maximum Gasteiger partial charge on any atom is 0.374 e. The summed E-state index contributed by atoms with van der Waals surface area (Å²) < 4.78 is 9.20. The first-order valence-electron chi connectivity index (χ1n) is 3.63. The molecule has 1 heterocycles. The number of hydrogen-bond acceptors (Lipinski definition) is 5. The number of furan rings is 1. The zero-order valence-corrected chi connectivity index (χ0v) is 6.90. The summed E-state index contributed by atoms with van der Waals surface area (Å²) in [6.07, 6.45) is 0. The first-order valence-corrected chi connectivity index (χ1v) is 3.63. The molecule has 13 heavy (non-hydrogen) atoms. The third-order valence-electron chi connectivity index (χ3n) is 1.28. The lowest BCUT2D eigenvalue weighted by molar-refractivity contribution is -0.257. The molecule has 1 aromatic rings. The molecule has 0 aliphatic rings. The van der Waals surface area contributed by atoms with E-state index in [2.05, 4.69) is 9.15 Å². The molecule has 1 aromatic heterocycles. The number of carboxylic acids is 1. The van der Waals surface area contributed by atoms with E-state index in [-0.39, 0.29) is 18.1 Å². The summed E-state index contributed by atoms with van der Waals surface area (Å²) in [6.45, 7) is 1.85. The zero-order chi connectivity index (χ0) is 9.84. The van der Waals surface area contributed by atoms with Crippen molar-refractivity contribution >= 4 is 11.9 Å². The van der Waals surface area contributed by atoms with E-state index in [9.17, 15) is 14.7 Å². The van der Waals surface area contributed by atoms with Crippen molar-refractivity contribution in [2.75, 3.05) is 6.61 Å². The smallest absolute Gasteiger partial charge is 0.374 e. The largest absolute Gasteiger partial charge is 0.542 e. The van der Waals surface area contributed by atoms with Crippen LogP contribution in [-0.2, 0) is 4.74 Å². The van der Waals surface area contributed by atoms with Gasteiger partial charge in [0.25, 0.3) is 0 Å². The molecule has 70 valence electrons. The van der Waals surface area contributed by atoms with Crippen LogP contribution in [0.4, 0.5) is 0 Å². The lowest BCUT2D eigenvalue weighted by atomic mass is 10.4. The fourth-order valence-electron chi connectivity index (χ4n) is 0.760. The van der Waals surface area contributed by atoms with E-state index in [1.807, 2.05) is 0 Å². The SMILES string of the molecule is CCOC(=O)c1ccc(C(=O)[O-])o1. The van der Waals surface area contributed by atoms with Crippen molar-refractivity contribution in [1.82, 2.24) is 0 Å². The average molecular weight is 183 g/mol. The van der Waals surface area contributed by atoms with Crippen molar-refractivity contribution in [2.45, 2.75) is 6.92 Å². The number of carbonyl (C=O) groups excluding carboxylic acids is 2. The number of carbonyl (C=O) groups is 2. The van der Waals surface area contributed by atoms with Crippen LogP contribution in [0.1, 0.15) is 28.0 Å². The Morgan fingerprint density at radius 1 is 1.46 bits per heavy atom. The van der Waals surface area contributed by atoms with E-state index in [4.69, 9.17) is 0 Å². The molecule has 0 amide bonds. The zero-order valence-electron chi connectivity index (χ0n) is 6.90. The van der Waals surface area contributed by atoms with Gasteiger partial charge in [-0.25, -0.2) is 4.79 Å². The summed E-state index contributed by atoms with van der Waals surface area (Å²) in [5.41, 5.74) is 0. The molecule has 0 aliphatic carbocycles. The molecule has 0 saturated heterocycles. The van der Waals surface area contributed by atoms with Gasteiger partial charge in [0.05, 0.1) is 6.61 Å². The number of hydrogen-bond donors (Lipinski definition) is 0. The highest BCUT2D eigenvalue weighted by Gasteiger charge is 2.11. The van der Waals surface area contributed by atoms with Gasteiger partial charge in [0.1, 0.15) is 5.97 Å². The summed E-state index contributed by atoms with van der Waals surface area (Å²) in [7, 11) is 0. The number of rotatable bonds is 3. The summed E-state index contributed by atoms with van der Waals surface area (Å²) >= 11 is 0. The van der Waals surface area contributed by atoms with Crippen LogP contribution >= 0.6 is 0 Å². The molecule has 0 aliphatic heterocycles. The van der Waals surface area contributed by atoms with Crippen molar-refractivity contribution < 1.29 is 23.8 Å². The van der Waals surface area contributed by atoms with Crippen LogP contribution in [0.3, 0.4) is 0 Å². The quantitative estimate of drug-likeness (QED) is 0.607. The third-order valence-corrected chi connectivity index (χ3v) is 1.28. The van der Waals surface area contributed by atoms with Crippen LogP contribution in [0.2, 0.25) is 0 Å². The van der Waals surface area contributed by atoms with Crippen LogP contribution in [-0.4, -0.2) is 18.5 Å². The van der Waals surface area contributed by atoms with Crippen LogP contribution in [0.25, 0.3) is 0 Å². The number of esters is 1. The molecule has 5 nitrogen and oxygen atoms in total. The normalized spacial score (nSPS) is 9.62. The van der Waals surface area contributed by atoms with Crippen LogP contribution in [0.15, 0.2) is 16.5 Å². The predicted octanol–water partition coefficient (Wildman–Crippen LogP) is -0.180. The van der Waals surface area contributed by atoms with Gasteiger partial charge in [-0.3, -0.25) is 0 Å². The number of aromatic carboxylic acids is 1. The Morgan fingerprint density at radius 2 is 2.08 bits per heavy atom. The Balaban J connectivity index is 2.79. The molecular weight excluding hydrogens is 176 g/mol. The number of carboxylic acid groups (broad SMARTS) is 1. The topological polar surface area (TPSA) is 79.6 Å². The second kappa shape index (κ2) is 3.75.